The molecule has 0 bridgehead atoms. The Hall–Kier alpha value is -4.32. The Morgan fingerprint density at radius 3 is 1.31 bits per heavy atom. The molecule has 0 aliphatic carbocycles. The highest BCUT2D eigenvalue weighted by Crippen LogP contribution is 2.29. The molecule has 5 nitrogen and oxygen atoms in total. The second-order valence-corrected chi connectivity index (χ2v) is 9.72. The average Bonchev–Trinajstić information content (AvgIpc) is 3.47. The number of halogens is 2. The van der Waals surface area contributed by atoms with E-state index in [0.29, 0.717) is 34.8 Å². The van der Waals surface area contributed by atoms with E-state index in [9.17, 15) is 0 Å². The average molecular weight is 553 g/mol. The first-order valence-corrected chi connectivity index (χ1v) is 13.1. The number of furan rings is 1. The lowest BCUT2D eigenvalue weighted by atomic mass is 10.1. The lowest BCUT2D eigenvalue weighted by Gasteiger charge is -2.05. The zero-order valence-electron chi connectivity index (χ0n) is 21.0. The van der Waals surface area contributed by atoms with Crippen LogP contribution in [-0.2, 0) is 13.1 Å². The fraction of sp³-hybridized carbons (Fsp3) is 0.0625. The molecule has 0 aliphatic rings. The third kappa shape index (κ3) is 6.40. The Morgan fingerprint density at radius 1 is 0.538 bits per heavy atom. The number of nitrogens with two attached hydrogens (primary N) is 2. The van der Waals surface area contributed by atoms with Gasteiger partial charge in [-0.1, -0.05) is 108 Å². The van der Waals surface area contributed by atoms with E-state index >= 15 is 0 Å². The molecule has 39 heavy (non-hydrogen) atoms. The molecule has 0 aliphatic heterocycles. The molecule has 0 unspecified atom stereocenters. The van der Waals surface area contributed by atoms with Gasteiger partial charge in [0.1, 0.15) is 23.2 Å². The van der Waals surface area contributed by atoms with Crippen molar-refractivity contribution in [2.24, 2.45) is 21.5 Å². The second kappa shape index (κ2) is 12.0. The Kier molecular flexibility index (Phi) is 8.11. The minimum atomic E-state index is 0.423. The smallest absolute Gasteiger partial charge is 0.134 e. The molecule has 7 heteroatoms. The van der Waals surface area contributed by atoms with Gasteiger partial charge >= 0.3 is 0 Å². The van der Waals surface area contributed by atoms with Gasteiger partial charge in [0.05, 0.1) is 13.1 Å². The fourth-order valence-electron chi connectivity index (χ4n) is 4.04. The van der Waals surface area contributed by atoms with Gasteiger partial charge < -0.3 is 15.9 Å². The van der Waals surface area contributed by atoms with Crippen LogP contribution < -0.4 is 11.5 Å². The van der Waals surface area contributed by atoms with E-state index in [4.69, 9.17) is 39.1 Å². The highest BCUT2D eigenvalue weighted by molar-refractivity contribution is 6.31. The largest absolute Gasteiger partial charge is 0.456 e. The summed E-state index contributed by atoms with van der Waals surface area (Å²) in [5.74, 6) is 2.42. The van der Waals surface area contributed by atoms with Crippen molar-refractivity contribution < 1.29 is 4.42 Å². The number of amidine groups is 2. The maximum atomic E-state index is 6.21. The van der Waals surface area contributed by atoms with Gasteiger partial charge in [-0.2, -0.15) is 0 Å². The molecule has 194 valence electrons. The Labute approximate surface area is 237 Å². The molecule has 0 spiro atoms. The summed E-state index contributed by atoms with van der Waals surface area (Å²) in [7, 11) is 0. The number of rotatable bonds is 8. The van der Waals surface area contributed by atoms with Crippen LogP contribution in [0.15, 0.2) is 124 Å². The quantitative estimate of drug-likeness (QED) is 0.152. The van der Waals surface area contributed by atoms with Crippen molar-refractivity contribution in [3.8, 4) is 22.6 Å². The molecule has 0 amide bonds. The van der Waals surface area contributed by atoms with Crippen LogP contribution in [-0.4, -0.2) is 11.7 Å². The maximum Gasteiger partial charge on any atom is 0.134 e. The predicted octanol–water partition coefficient (Wildman–Crippen LogP) is 7.73. The lowest BCUT2D eigenvalue weighted by Crippen LogP contribution is -2.13. The minimum absolute atomic E-state index is 0.423. The minimum Gasteiger partial charge on any atom is -0.456 e. The molecule has 1 aromatic heterocycles. The number of nitrogens with zero attached hydrogens (tertiary/aromatic N) is 2. The van der Waals surface area contributed by atoms with E-state index in [0.717, 1.165) is 44.9 Å². The summed E-state index contributed by atoms with van der Waals surface area (Å²) in [5.41, 5.74) is 17.8. The van der Waals surface area contributed by atoms with E-state index in [1.54, 1.807) is 0 Å². The third-order valence-electron chi connectivity index (χ3n) is 6.29. The van der Waals surface area contributed by atoms with E-state index in [1.807, 2.05) is 109 Å². The molecule has 1 heterocycles. The number of hydrogen-bond donors (Lipinski definition) is 2. The first-order chi connectivity index (χ1) is 19.0. The highest BCUT2D eigenvalue weighted by atomic mass is 35.5. The monoisotopic (exact) mass is 552 g/mol. The van der Waals surface area contributed by atoms with Gasteiger partial charge in [-0.25, -0.2) is 0 Å². The molecular weight excluding hydrogens is 527 g/mol. The predicted molar refractivity (Wildman–Crippen MR) is 161 cm³/mol. The van der Waals surface area contributed by atoms with Gasteiger partial charge in [-0.3, -0.25) is 9.98 Å². The van der Waals surface area contributed by atoms with Crippen LogP contribution in [0, 0.1) is 0 Å². The van der Waals surface area contributed by atoms with Gasteiger partial charge in [-0.15, -0.1) is 0 Å². The molecule has 5 rings (SSSR count). The Morgan fingerprint density at radius 2 is 0.923 bits per heavy atom. The molecule has 4 N–H and O–H groups in total. The maximum absolute atomic E-state index is 6.21. The number of aliphatic imine (C=N–C) groups is 2. The summed E-state index contributed by atoms with van der Waals surface area (Å²) < 4.78 is 6.14. The highest BCUT2D eigenvalue weighted by Gasteiger charge is 2.09. The van der Waals surface area contributed by atoms with Gasteiger partial charge in [0.15, 0.2) is 0 Å². The zero-order valence-corrected chi connectivity index (χ0v) is 22.5. The standard InChI is InChI=1S/C32H26Cl2N4O/c33-27-7-3-1-5-25(27)19-37-31(35)23-13-9-21(10-14-23)29-17-18-30(39-29)22-11-15-24(16-12-22)32(36)38-20-26-6-2-4-8-28(26)34/h1-18H,19-20H2,(H2,35,37)(H2,36,38). The first kappa shape index (κ1) is 26.3. The Balaban J connectivity index is 1.25. The Bertz CT molecular complexity index is 1520. The molecule has 0 fully saturated rings. The molecule has 0 saturated heterocycles. The molecule has 5 aromatic rings. The van der Waals surface area contributed by atoms with Crippen molar-refractivity contribution in [2.45, 2.75) is 13.1 Å². The van der Waals surface area contributed by atoms with Crippen molar-refractivity contribution in [1.82, 2.24) is 0 Å². The van der Waals surface area contributed by atoms with Gasteiger partial charge in [-0.05, 0) is 35.4 Å². The van der Waals surface area contributed by atoms with Crippen LogP contribution in [0.3, 0.4) is 0 Å². The van der Waals surface area contributed by atoms with Crippen molar-refractivity contribution in [2.75, 3.05) is 0 Å². The van der Waals surface area contributed by atoms with Crippen LogP contribution in [0.1, 0.15) is 22.3 Å². The second-order valence-electron chi connectivity index (χ2n) is 8.90. The van der Waals surface area contributed by atoms with E-state index < -0.39 is 0 Å². The SMILES string of the molecule is NC(=NCc1ccccc1Cl)c1ccc(-c2ccc(-c3ccc(C(N)=NCc4ccccc4Cl)cc3)o2)cc1. The number of hydrogen-bond acceptors (Lipinski definition) is 3. The topological polar surface area (TPSA) is 89.9 Å². The molecular formula is C32H26Cl2N4O. The summed E-state index contributed by atoms with van der Waals surface area (Å²) >= 11 is 12.4. The first-order valence-electron chi connectivity index (χ1n) is 12.4. The van der Waals surface area contributed by atoms with Crippen LogP contribution in [0.25, 0.3) is 22.6 Å². The summed E-state index contributed by atoms with van der Waals surface area (Å²) in [5, 5.41) is 1.36. The van der Waals surface area contributed by atoms with Crippen molar-refractivity contribution in [3.05, 3.63) is 141 Å². The molecule has 4 aromatic carbocycles. The molecule has 0 saturated carbocycles. The summed E-state index contributed by atoms with van der Waals surface area (Å²) in [6.07, 6.45) is 0. The van der Waals surface area contributed by atoms with Crippen LogP contribution in [0.2, 0.25) is 10.0 Å². The third-order valence-corrected chi connectivity index (χ3v) is 7.03. The van der Waals surface area contributed by atoms with Crippen molar-refractivity contribution in [3.63, 3.8) is 0 Å². The van der Waals surface area contributed by atoms with Crippen LogP contribution in [0.5, 0.6) is 0 Å². The lowest BCUT2D eigenvalue weighted by molar-refractivity contribution is 0.597. The normalized spacial score (nSPS) is 12.1. The van der Waals surface area contributed by atoms with Crippen LogP contribution in [0.4, 0.5) is 0 Å². The van der Waals surface area contributed by atoms with Gasteiger partial charge in [0.25, 0.3) is 0 Å². The number of benzene rings is 4. The summed E-state index contributed by atoms with van der Waals surface area (Å²) in [4.78, 5) is 8.97. The fourth-order valence-corrected chi connectivity index (χ4v) is 4.43. The summed E-state index contributed by atoms with van der Waals surface area (Å²) in [6, 6.07) is 34.7. The summed E-state index contributed by atoms with van der Waals surface area (Å²) in [6.45, 7) is 0.846. The van der Waals surface area contributed by atoms with Crippen molar-refractivity contribution >= 4 is 34.9 Å². The van der Waals surface area contributed by atoms with Gasteiger partial charge in [0, 0.05) is 32.3 Å². The van der Waals surface area contributed by atoms with Crippen LogP contribution >= 0.6 is 23.2 Å². The molecule has 0 atom stereocenters. The van der Waals surface area contributed by atoms with E-state index in [-0.39, 0.29) is 0 Å². The van der Waals surface area contributed by atoms with E-state index in [2.05, 4.69) is 9.98 Å². The molecule has 0 radical (unpaired) electrons. The van der Waals surface area contributed by atoms with E-state index in [1.165, 1.54) is 0 Å². The van der Waals surface area contributed by atoms with Crippen molar-refractivity contribution in [1.29, 1.82) is 0 Å². The zero-order chi connectivity index (χ0) is 27.2. The van der Waals surface area contributed by atoms with Gasteiger partial charge in [0.2, 0.25) is 0 Å².